The fourth-order valence-electron chi connectivity index (χ4n) is 3.49. The summed E-state index contributed by atoms with van der Waals surface area (Å²) in [5.41, 5.74) is 7.32. The number of aromatic nitrogens is 1. The topological polar surface area (TPSA) is 46.4 Å². The zero-order chi connectivity index (χ0) is 21.4. The first kappa shape index (κ1) is 20.5. The molecule has 1 amide bonds. The summed E-state index contributed by atoms with van der Waals surface area (Å²) in [5.74, 6) is -0.130. The average molecular weight is 436 g/mol. The maximum Gasteiger partial charge on any atom is 0.264 e. The van der Waals surface area contributed by atoms with Gasteiger partial charge in [-0.05, 0) is 87.0 Å². The van der Waals surface area contributed by atoms with Gasteiger partial charge in [0.2, 0.25) is 0 Å². The Balaban J connectivity index is 1.66. The molecule has 1 N–H and O–H groups in total. The monoisotopic (exact) mass is 435 g/mol. The molecule has 0 saturated carbocycles. The smallest absolute Gasteiger partial charge is 0.264 e. The highest BCUT2D eigenvalue weighted by atomic mass is 35.5. The van der Waals surface area contributed by atoms with E-state index in [1.54, 1.807) is 0 Å². The first-order valence-electron chi connectivity index (χ1n) is 9.63. The van der Waals surface area contributed by atoms with E-state index in [4.69, 9.17) is 11.6 Å². The fraction of sp³-hybridized carbons (Fsp3) is 0.167. The molecule has 3 aromatic rings. The second-order valence-electron chi connectivity index (χ2n) is 7.41. The minimum absolute atomic E-state index is 0.130. The number of thioether (sulfide) groups is 1. The van der Waals surface area contributed by atoms with Gasteiger partial charge in [-0.3, -0.25) is 4.79 Å². The third-order valence-corrected chi connectivity index (χ3v) is 6.23. The van der Waals surface area contributed by atoms with Gasteiger partial charge in [0, 0.05) is 22.1 Å². The molecule has 4 nitrogen and oxygen atoms in total. The van der Waals surface area contributed by atoms with E-state index >= 15 is 0 Å². The average Bonchev–Trinajstić information content (AvgIpc) is 3.18. The number of hydrogen-bond donors (Lipinski definition) is 1. The van der Waals surface area contributed by atoms with E-state index in [1.807, 2.05) is 55.5 Å². The van der Waals surface area contributed by atoms with Gasteiger partial charge in [0.05, 0.1) is 10.6 Å². The van der Waals surface area contributed by atoms with Gasteiger partial charge in [0.25, 0.3) is 5.91 Å². The van der Waals surface area contributed by atoms with Crippen LogP contribution >= 0.6 is 23.4 Å². The second kappa shape index (κ2) is 8.17. The van der Waals surface area contributed by atoms with Gasteiger partial charge < -0.3 is 9.88 Å². The zero-order valence-corrected chi connectivity index (χ0v) is 18.9. The largest absolute Gasteiger partial charge is 0.318 e. The molecule has 30 heavy (non-hydrogen) atoms. The van der Waals surface area contributed by atoms with Crippen molar-refractivity contribution in [2.75, 3.05) is 0 Å². The normalized spacial score (nSPS) is 16.5. The number of carbonyl (C=O) groups excluding carboxylic acids is 1. The summed E-state index contributed by atoms with van der Waals surface area (Å²) in [4.78, 5) is 17.7. The van der Waals surface area contributed by atoms with Gasteiger partial charge in [0.15, 0.2) is 5.17 Å². The Kier molecular flexibility index (Phi) is 5.58. The van der Waals surface area contributed by atoms with Crippen molar-refractivity contribution in [3.63, 3.8) is 0 Å². The number of aliphatic imine (C=N–C) groups is 1. The van der Waals surface area contributed by atoms with Crippen LogP contribution in [0, 0.1) is 27.7 Å². The number of nitrogens with zero attached hydrogens (tertiary/aromatic N) is 2. The van der Waals surface area contributed by atoms with Crippen LogP contribution < -0.4 is 5.32 Å². The lowest BCUT2D eigenvalue weighted by atomic mass is 10.2. The lowest BCUT2D eigenvalue weighted by molar-refractivity contribution is -0.115. The molecule has 0 radical (unpaired) electrons. The molecule has 0 spiro atoms. The molecule has 0 bridgehead atoms. The molecule has 0 atom stereocenters. The van der Waals surface area contributed by atoms with Gasteiger partial charge in [-0.25, -0.2) is 4.99 Å². The summed E-state index contributed by atoms with van der Waals surface area (Å²) < 4.78 is 2.17. The predicted octanol–water partition coefficient (Wildman–Crippen LogP) is 6.26. The van der Waals surface area contributed by atoms with E-state index in [1.165, 1.54) is 17.3 Å². The number of nitrogens with one attached hydrogen (secondary N) is 1. The predicted molar refractivity (Wildman–Crippen MR) is 127 cm³/mol. The number of hydrogen-bond acceptors (Lipinski definition) is 3. The first-order valence-corrected chi connectivity index (χ1v) is 10.8. The van der Waals surface area contributed by atoms with Crippen molar-refractivity contribution >= 4 is 46.2 Å². The molecule has 1 fully saturated rings. The summed E-state index contributed by atoms with van der Waals surface area (Å²) in [6, 6.07) is 15.9. The molecular weight excluding hydrogens is 414 g/mol. The number of amides is 1. The van der Waals surface area contributed by atoms with Crippen molar-refractivity contribution < 1.29 is 4.79 Å². The van der Waals surface area contributed by atoms with Crippen LogP contribution in [-0.4, -0.2) is 15.6 Å². The summed E-state index contributed by atoms with van der Waals surface area (Å²) in [7, 11) is 0. The third-order valence-electron chi connectivity index (χ3n) is 5.08. The van der Waals surface area contributed by atoms with E-state index in [0.29, 0.717) is 15.1 Å². The molecule has 4 rings (SSSR count). The number of halogens is 1. The molecule has 0 aliphatic carbocycles. The van der Waals surface area contributed by atoms with Crippen molar-refractivity contribution in [2.24, 2.45) is 4.99 Å². The number of amidine groups is 1. The Morgan fingerprint density at radius 3 is 2.50 bits per heavy atom. The van der Waals surface area contributed by atoms with E-state index in [0.717, 1.165) is 33.9 Å². The fourth-order valence-corrected chi connectivity index (χ4v) is 4.49. The summed E-state index contributed by atoms with van der Waals surface area (Å²) >= 11 is 7.59. The maximum absolute atomic E-state index is 12.5. The number of aryl methyl sites for hydroxylation is 3. The molecule has 2 heterocycles. The van der Waals surface area contributed by atoms with Crippen LogP contribution in [0.25, 0.3) is 11.8 Å². The van der Waals surface area contributed by atoms with E-state index < -0.39 is 0 Å². The van der Waals surface area contributed by atoms with Crippen LogP contribution in [0.15, 0.2) is 58.4 Å². The molecule has 1 aromatic heterocycles. The highest BCUT2D eigenvalue weighted by Crippen LogP contribution is 2.31. The van der Waals surface area contributed by atoms with Crippen LogP contribution in [0.1, 0.15) is 28.1 Å². The number of rotatable bonds is 3. The number of benzene rings is 2. The molecule has 1 saturated heterocycles. The Hall–Kier alpha value is -2.76. The molecule has 1 aliphatic heterocycles. The SMILES string of the molecule is Cc1ccc(N=C2NC(=O)/C(=C\c3cc(C)n(-c4cc(Cl)ccc4C)c3C)S2)cc1. The molecule has 152 valence electrons. The standard InChI is InChI=1S/C24H22ClN3OS/c1-14-5-9-20(10-6-14)26-24-27-23(29)22(30-24)12-18-11-16(3)28(17(18)4)21-13-19(25)8-7-15(21)2/h5-13H,1-4H3,(H,26,27,29)/b22-12+. The van der Waals surface area contributed by atoms with E-state index in [9.17, 15) is 4.79 Å². The van der Waals surface area contributed by atoms with Crippen molar-refractivity contribution in [3.05, 3.63) is 86.5 Å². The summed E-state index contributed by atoms with van der Waals surface area (Å²) in [6.07, 6.45) is 1.93. The van der Waals surface area contributed by atoms with Crippen molar-refractivity contribution in [1.29, 1.82) is 0 Å². The zero-order valence-electron chi connectivity index (χ0n) is 17.3. The summed E-state index contributed by atoms with van der Waals surface area (Å²) in [5, 5.41) is 4.15. The van der Waals surface area contributed by atoms with Gasteiger partial charge in [0.1, 0.15) is 0 Å². The lowest BCUT2D eigenvalue weighted by Crippen LogP contribution is -2.19. The molecular formula is C24H22ClN3OS. The van der Waals surface area contributed by atoms with Crippen LogP contribution in [0.3, 0.4) is 0 Å². The Morgan fingerprint density at radius 2 is 1.77 bits per heavy atom. The molecule has 2 aromatic carbocycles. The molecule has 1 aliphatic rings. The maximum atomic E-state index is 12.5. The number of carbonyl (C=O) groups is 1. The van der Waals surface area contributed by atoms with Crippen LogP contribution in [0.5, 0.6) is 0 Å². The van der Waals surface area contributed by atoms with Crippen molar-refractivity contribution in [3.8, 4) is 5.69 Å². The van der Waals surface area contributed by atoms with Gasteiger partial charge >= 0.3 is 0 Å². The van der Waals surface area contributed by atoms with Gasteiger partial charge in [-0.2, -0.15) is 0 Å². The highest BCUT2D eigenvalue weighted by molar-refractivity contribution is 8.18. The lowest BCUT2D eigenvalue weighted by Gasteiger charge is -2.13. The Labute approximate surface area is 185 Å². The highest BCUT2D eigenvalue weighted by Gasteiger charge is 2.24. The summed E-state index contributed by atoms with van der Waals surface area (Å²) in [6.45, 7) is 8.21. The minimum Gasteiger partial charge on any atom is -0.318 e. The van der Waals surface area contributed by atoms with Crippen LogP contribution in [-0.2, 0) is 4.79 Å². The van der Waals surface area contributed by atoms with E-state index in [2.05, 4.69) is 41.7 Å². The molecule has 0 unspecified atom stereocenters. The molecule has 6 heteroatoms. The Bertz CT molecular complexity index is 1210. The second-order valence-corrected chi connectivity index (χ2v) is 8.88. The van der Waals surface area contributed by atoms with Crippen molar-refractivity contribution in [2.45, 2.75) is 27.7 Å². The quantitative estimate of drug-likeness (QED) is 0.494. The van der Waals surface area contributed by atoms with Gasteiger partial charge in [-0.15, -0.1) is 0 Å². The third kappa shape index (κ3) is 4.09. The first-order chi connectivity index (χ1) is 14.3. The minimum atomic E-state index is -0.130. The van der Waals surface area contributed by atoms with E-state index in [-0.39, 0.29) is 5.91 Å². The van der Waals surface area contributed by atoms with Crippen LogP contribution in [0.2, 0.25) is 5.02 Å². The van der Waals surface area contributed by atoms with Gasteiger partial charge in [-0.1, -0.05) is 35.4 Å². The Morgan fingerprint density at radius 1 is 1.03 bits per heavy atom. The van der Waals surface area contributed by atoms with Crippen LogP contribution in [0.4, 0.5) is 5.69 Å². The van der Waals surface area contributed by atoms with Crippen molar-refractivity contribution in [1.82, 2.24) is 9.88 Å².